The monoisotopic (exact) mass is 365 g/mol. The molecule has 2 aromatic carbocycles. The van der Waals surface area contributed by atoms with E-state index in [4.69, 9.17) is 9.47 Å². The molecule has 0 fully saturated rings. The Kier molecular flexibility index (Phi) is 6.17. The van der Waals surface area contributed by atoms with Crippen LogP contribution in [0.2, 0.25) is 0 Å². The van der Waals surface area contributed by atoms with E-state index < -0.39 is 0 Å². The van der Waals surface area contributed by atoms with E-state index in [2.05, 4.69) is 23.5 Å². The second-order valence-electron chi connectivity index (χ2n) is 6.91. The Bertz CT molecular complexity index is 842. The first-order valence-corrected chi connectivity index (χ1v) is 9.43. The number of hydrogen-bond acceptors (Lipinski definition) is 3. The average Bonchev–Trinajstić information content (AvgIpc) is 2.71. The van der Waals surface area contributed by atoms with E-state index in [1.165, 1.54) is 30.4 Å². The van der Waals surface area contributed by atoms with Crippen LogP contribution in [0.5, 0.6) is 11.5 Å². The van der Waals surface area contributed by atoms with Crippen molar-refractivity contribution in [3.8, 4) is 11.5 Å². The largest absolute Gasteiger partial charge is 0.493 e. The van der Waals surface area contributed by atoms with Crippen molar-refractivity contribution in [2.24, 2.45) is 0 Å². The lowest BCUT2D eigenvalue weighted by Gasteiger charge is -2.19. The van der Waals surface area contributed by atoms with Gasteiger partial charge in [-0.2, -0.15) is 0 Å². The third-order valence-electron chi connectivity index (χ3n) is 5.07. The molecule has 142 valence electrons. The number of carbonyl (C=O) groups excluding carboxylic acids is 1. The molecule has 1 unspecified atom stereocenters. The molecule has 0 radical (unpaired) electrons. The number of rotatable bonds is 6. The standard InChI is InChI=1S/C23H27NO3/c1-16(19-11-10-18-6-4-5-7-20(18)15-19)24-23(25)13-9-17-8-12-21(26-2)22(14-17)27-3/h8-16H,4-7H2,1-3H3,(H,24,25)/b13-9+. The maximum absolute atomic E-state index is 12.3. The molecule has 0 aromatic heterocycles. The molecule has 0 aliphatic heterocycles. The Balaban J connectivity index is 1.64. The van der Waals surface area contributed by atoms with E-state index in [1.807, 2.05) is 25.1 Å². The SMILES string of the molecule is COc1ccc(/C=C/C(=O)NC(C)c2ccc3c(c2)CCCC3)cc1OC. The molecule has 0 saturated carbocycles. The predicted octanol–water partition coefficient (Wildman–Crippen LogP) is 4.47. The maximum Gasteiger partial charge on any atom is 0.244 e. The van der Waals surface area contributed by atoms with E-state index in [0.717, 1.165) is 17.5 Å². The topological polar surface area (TPSA) is 47.6 Å². The van der Waals surface area contributed by atoms with Crippen molar-refractivity contribution in [1.29, 1.82) is 0 Å². The normalized spacial score (nSPS) is 14.5. The van der Waals surface area contributed by atoms with Crippen molar-refractivity contribution in [3.05, 3.63) is 64.7 Å². The minimum absolute atomic E-state index is 0.0280. The van der Waals surface area contributed by atoms with Crippen LogP contribution in [0.3, 0.4) is 0 Å². The van der Waals surface area contributed by atoms with Gasteiger partial charge in [0.25, 0.3) is 0 Å². The van der Waals surface area contributed by atoms with Gasteiger partial charge in [0, 0.05) is 6.08 Å². The molecular weight excluding hydrogens is 338 g/mol. The van der Waals surface area contributed by atoms with Crippen molar-refractivity contribution in [2.45, 2.75) is 38.6 Å². The quantitative estimate of drug-likeness (QED) is 0.768. The van der Waals surface area contributed by atoms with Crippen LogP contribution in [0.15, 0.2) is 42.5 Å². The molecule has 2 aromatic rings. The number of fused-ring (bicyclic) bond motifs is 1. The van der Waals surface area contributed by atoms with Crippen molar-refractivity contribution < 1.29 is 14.3 Å². The van der Waals surface area contributed by atoms with E-state index in [-0.39, 0.29) is 11.9 Å². The highest BCUT2D eigenvalue weighted by Crippen LogP contribution is 2.28. The van der Waals surface area contributed by atoms with Crippen LogP contribution in [0.4, 0.5) is 0 Å². The Hall–Kier alpha value is -2.75. The van der Waals surface area contributed by atoms with Crippen LogP contribution < -0.4 is 14.8 Å². The van der Waals surface area contributed by atoms with E-state index in [1.54, 1.807) is 26.4 Å². The van der Waals surface area contributed by atoms with Gasteiger partial charge in [0.1, 0.15) is 0 Å². The number of aryl methyl sites for hydroxylation is 2. The first-order valence-electron chi connectivity index (χ1n) is 9.43. The van der Waals surface area contributed by atoms with Gasteiger partial charge in [-0.25, -0.2) is 0 Å². The van der Waals surface area contributed by atoms with Gasteiger partial charge in [0.15, 0.2) is 11.5 Å². The van der Waals surface area contributed by atoms with Gasteiger partial charge in [-0.1, -0.05) is 24.3 Å². The average molecular weight is 365 g/mol. The number of carbonyl (C=O) groups is 1. The fraction of sp³-hybridized carbons (Fsp3) is 0.348. The molecule has 1 atom stereocenters. The van der Waals surface area contributed by atoms with Crippen molar-refractivity contribution in [2.75, 3.05) is 14.2 Å². The fourth-order valence-electron chi connectivity index (χ4n) is 3.50. The Morgan fingerprint density at radius 1 is 1.00 bits per heavy atom. The zero-order valence-corrected chi connectivity index (χ0v) is 16.2. The number of methoxy groups -OCH3 is 2. The molecule has 4 nitrogen and oxygen atoms in total. The van der Waals surface area contributed by atoms with Gasteiger partial charge >= 0.3 is 0 Å². The van der Waals surface area contributed by atoms with Gasteiger partial charge in [-0.05, 0) is 73.1 Å². The lowest BCUT2D eigenvalue weighted by molar-refractivity contribution is -0.117. The molecule has 0 saturated heterocycles. The van der Waals surface area contributed by atoms with Crippen LogP contribution in [-0.4, -0.2) is 20.1 Å². The summed E-state index contributed by atoms with van der Waals surface area (Å²) < 4.78 is 10.5. The number of benzene rings is 2. The summed E-state index contributed by atoms with van der Waals surface area (Å²) in [7, 11) is 3.20. The molecule has 1 aliphatic carbocycles. The van der Waals surface area contributed by atoms with E-state index in [9.17, 15) is 4.79 Å². The summed E-state index contributed by atoms with van der Waals surface area (Å²) in [5.41, 5.74) is 4.92. The first kappa shape index (κ1) is 19.0. The summed E-state index contributed by atoms with van der Waals surface area (Å²) in [6.45, 7) is 2.02. The third-order valence-corrected chi connectivity index (χ3v) is 5.07. The number of ether oxygens (including phenoxy) is 2. The molecule has 4 heteroatoms. The minimum atomic E-state index is -0.116. The summed E-state index contributed by atoms with van der Waals surface area (Å²) in [6, 6.07) is 12.1. The smallest absolute Gasteiger partial charge is 0.244 e. The minimum Gasteiger partial charge on any atom is -0.493 e. The Morgan fingerprint density at radius 2 is 1.74 bits per heavy atom. The third kappa shape index (κ3) is 4.70. The Labute approximate surface area is 161 Å². The van der Waals surface area contributed by atoms with Gasteiger partial charge < -0.3 is 14.8 Å². The van der Waals surface area contributed by atoms with Gasteiger partial charge in [-0.3, -0.25) is 4.79 Å². The Morgan fingerprint density at radius 3 is 2.48 bits per heavy atom. The molecule has 27 heavy (non-hydrogen) atoms. The second-order valence-corrected chi connectivity index (χ2v) is 6.91. The van der Waals surface area contributed by atoms with Gasteiger partial charge in [0.05, 0.1) is 20.3 Å². The highest BCUT2D eigenvalue weighted by atomic mass is 16.5. The van der Waals surface area contributed by atoms with Crippen molar-refractivity contribution in [3.63, 3.8) is 0 Å². The molecular formula is C23H27NO3. The van der Waals surface area contributed by atoms with Gasteiger partial charge in [0.2, 0.25) is 5.91 Å². The lowest BCUT2D eigenvalue weighted by atomic mass is 9.89. The van der Waals surface area contributed by atoms with E-state index in [0.29, 0.717) is 11.5 Å². The van der Waals surface area contributed by atoms with Crippen LogP contribution in [0.1, 0.15) is 48.1 Å². The second kappa shape index (κ2) is 8.76. The molecule has 0 heterocycles. The zero-order valence-electron chi connectivity index (χ0n) is 16.2. The van der Waals surface area contributed by atoms with Crippen molar-refractivity contribution in [1.82, 2.24) is 5.32 Å². The summed E-state index contributed by atoms with van der Waals surface area (Å²) in [4.78, 5) is 12.3. The number of amides is 1. The molecule has 1 N–H and O–H groups in total. The lowest BCUT2D eigenvalue weighted by Crippen LogP contribution is -2.24. The summed E-state index contributed by atoms with van der Waals surface area (Å²) >= 11 is 0. The molecule has 0 spiro atoms. The number of hydrogen-bond donors (Lipinski definition) is 1. The zero-order chi connectivity index (χ0) is 19.2. The molecule has 0 bridgehead atoms. The van der Waals surface area contributed by atoms with Crippen LogP contribution in [-0.2, 0) is 17.6 Å². The number of nitrogens with one attached hydrogen (secondary N) is 1. The molecule has 1 aliphatic rings. The maximum atomic E-state index is 12.3. The predicted molar refractivity (Wildman–Crippen MR) is 108 cm³/mol. The van der Waals surface area contributed by atoms with E-state index >= 15 is 0 Å². The summed E-state index contributed by atoms with van der Waals surface area (Å²) in [5, 5.41) is 3.04. The molecule has 3 rings (SSSR count). The molecule has 1 amide bonds. The van der Waals surface area contributed by atoms with Crippen molar-refractivity contribution >= 4 is 12.0 Å². The highest BCUT2D eigenvalue weighted by Gasteiger charge is 2.13. The first-order chi connectivity index (χ1) is 13.1. The summed E-state index contributed by atoms with van der Waals surface area (Å²) in [5.74, 6) is 1.19. The van der Waals surface area contributed by atoms with Gasteiger partial charge in [-0.15, -0.1) is 0 Å². The highest BCUT2D eigenvalue weighted by molar-refractivity contribution is 5.92. The van der Waals surface area contributed by atoms with Crippen LogP contribution in [0.25, 0.3) is 6.08 Å². The van der Waals surface area contributed by atoms with Crippen LogP contribution in [0, 0.1) is 0 Å². The van der Waals surface area contributed by atoms with Crippen LogP contribution >= 0.6 is 0 Å². The fourth-order valence-corrected chi connectivity index (χ4v) is 3.50. The summed E-state index contributed by atoms with van der Waals surface area (Å²) in [6.07, 6.45) is 8.17.